The molecule has 8 heteroatoms. The molecule has 3 aromatic rings. The second kappa shape index (κ2) is 9.10. The van der Waals surface area contributed by atoms with Crippen molar-refractivity contribution in [2.24, 2.45) is 0 Å². The Bertz CT molecular complexity index is 1030. The lowest BCUT2D eigenvalue weighted by Gasteiger charge is -2.36. The Morgan fingerprint density at radius 1 is 1.13 bits per heavy atom. The van der Waals surface area contributed by atoms with Crippen molar-refractivity contribution in [1.29, 1.82) is 0 Å². The van der Waals surface area contributed by atoms with Gasteiger partial charge in [0.25, 0.3) is 0 Å². The van der Waals surface area contributed by atoms with E-state index in [1.807, 2.05) is 40.8 Å². The molecule has 0 unspecified atom stereocenters. The summed E-state index contributed by atoms with van der Waals surface area (Å²) in [7, 11) is 0. The number of aromatic nitrogens is 2. The largest absolute Gasteiger partial charge is 0.368 e. The minimum absolute atomic E-state index is 0.0936. The van der Waals surface area contributed by atoms with E-state index < -0.39 is 0 Å². The monoisotopic (exact) mass is 444 g/mol. The zero-order chi connectivity index (χ0) is 21.1. The molecule has 0 aliphatic carbocycles. The summed E-state index contributed by atoms with van der Waals surface area (Å²) < 4.78 is 15.1. The lowest BCUT2D eigenvalue weighted by molar-refractivity contribution is -0.128. The van der Waals surface area contributed by atoms with Crippen molar-refractivity contribution >= 4 is 35.0 Å². The fourth-order valence-electron chi connectivity index (χ4n) is 3.52. The highest BCUT2D eigenvalue weighted by Gasteiger charge is 2.22. The van der Waals surface area contributed by atoms with Gasteiger partial charge < -0.3 is 9.80 Å². The van der Waals surface area contributed by atoms with Gasteiger partial charge in [0, 0.05) is 49.3 Å². The lowest BCUT2D eigenvalue weighted by Crippen LogP contribution is -2.49. The van der Waals surface area contributed by atoms with E-state index in [4.69, 9.17) is 11.6 Å². The summed E-state index contributed by atoms with van der Waals surface area (Å²) >= 11 is 7.68. The second-order valence-electron chi connectivity index (χ2n) is 7.10. The molecule has 1 aromatic heterocycles. The number of amides is 1. The predicted octanol–water partition coefficient (Wildman–Crippen LogP) is 4.41. The van der Waals surface area contributed by atoms with Crippen molar-refractivity contribution in [2.45, 2.75) is 12.1 Å². The van der Waals surface area contributed by atoms with Crippen LogP contribution in [0.25, 0.3) is 5.69 Å². The molecule has 1 saturated heterocycles. The molecule has 1 aliphatic heterocycles. The number of hydrogen-bond acceptors (Lipinski definition) is 4. The van der Waals surface area contributed by atoms with Crippen LogP contribution in [-0.2, 0) is 4.79 Å². The molecule has 1 aliphatic rings. The van der Waals surface area contributed by atoms with Crippen LogP contribution in [0.3, 0.4) is 0 Å². The first-order valence-electron chi connectivity index (χ1n) is 9.73. The molecule has 156 valence electrons. The third-order valence-electron chi connectivity index (χ3n) is 5.25. The van der Waals surface area contributed by atoms with Crippen LogP contribution >= 0.6 is 23.4 Å². The molecular weight excluding hydrogens is 423 g/mol. The summed E-state index contributed by atoms with van der Waals surface area (Å²) in [4.78, 5) is 21.2. The first-order chi connectivity index (χ1) is 14.5. The summed E-state index contributed by atoms with van der Waals surface area (Å²) in [5, 5.41) is 1.46. The summed E-state index contributed by atoms with van der Waals surface area (Å²) in [6.07, 6.45) is 3.61. The van der Waals surface area contributed by atoms with E-state index in [1.54, 1.807) is 18.3 Å². The third-order valence-corrected chi connectivity index (χ3v) is 6.62. The van der Waals surface area contributed by atoms with Gasteiger partial charge in [0.2, 0.25) is 5.91 Å². The minimum atomic E-state index is -0.240. The Balaban J connectivity index is 1.35. The molecule has 0 atom stereocenters. The first kappa shape index (κ1) is 20.8. The zero-order valence-electron chi connectivity index (χ0n) is 16.6. The minimum Gasteiger partial charge on any atom is -0.368 e. The van der Waals surface area contributed by atoms with E-state index in [0.29, 0.717) is 23.9 Å². The first-order valence-corrected chi connectivity index (χ1v) is 11.1. The standard InChI is InChI=1S/C22H22ClFN4OS/c1-16-19(23)3-2-4-20(16)28-10-9-25-22(28)30-15-21(29)27-13-11-26(12-14-27)18-7-5-17(24)6-8-18/h2-10H,11-15H2,1H3. The fourth-order valence-corrected chi connectivity index (χ4v) is 4.56. The Morgan fingerprint density at radius 2 is 1.87 bits per heavy atom. The normalized spacial score (nSPS) is 14.2. The molecule has 1 amide bonds. The molecule has 2 aromatic carbocycles. The van der Waals surface area contributed by atoms with E-state index in [9.17, 15) is 9.18 Å². The molecule has 0 spiro atoms. The number of anilines is 1. The fraction of sp³-hybridized carbons (Fsp3) is 0.273. The summed E-state index contributed by atoms with van der Waals surface area (Å²) in [6, 6.07) is 12.2. The van der Waals surface area contributed by atoms with Crippen LogP contribution in [-0.4, -0.2) is 52.3 Å². The van der Waals surface area contributed by atoms with E-state index in [1.165, 1.54) is 23.9 Å². The maximum Gasteiger partial charge on any atom is 0.233 e. The van der Waals surface area contributed by atoms with Gasteiger partial charge in [0.15, 0.2) is 5.16 Å². The van der Waals surface area contributed by atoms with Crippen LogP contribution in [0, 0.1) is 12.7 Å². The van der Waals surface area contributed by atoms with E-state index in [0.717, 1.165) is 35.2 Å². The van der Waals surface area contributed by atoms with Crippen LogP contribution < -0.4 is 4.90 Å². The third kappa shape index (κ3) is 4.47. The summed E-state index contributed by atoms with van der Waals surface area (Å²) in [6.45, 7) is 4.74. The lowest BCUT2D eigenvalue weighted by atomic mass is 10.2. The quantitative estimate of drug-likeness (QED) is 0.546. The number of nitrogens with zero attached hydrogens (tertiary/aromatic N) is 4. The van der Waals surface area contributed by atoms with E-state index in [-0.39, 0.29) is 11.7 Å². The highest BCUT2D eigenvalue weighted by molar-refractivity contribution is 7.99. The van der Waals surface area contributed by atoms with E-state index in [2.05, 4.69) is 9.88 Å². The highest BCUT2D eigenvalue weighted by atomic mass is 35.5. The second-order valence-corrected chi connectivity index (χ2v) is 8.45. The van der Waals surface area contributed by atoms with Crippen LogP contribution in [0.4, 0.5) is 10.1 Å². The Hall–Kier alpha value is -2.51. The zero-order valence-corrected chi connectivity index (χ0v) is 18.2. The van der Waals surface area contributed by atoms with Gasteiger partial charge in [-0.3, -0.25) is 9.36 Å². The number of carbonyl (C=O) groups excluding carboxylic acids is 1. The van der Waals surface area contributed by atoms with Crippen LogP contribution in [0.15, 0.2) is 60.0 Å². The average Bonchev–Trinajstić information content (AvgIpc) is 3.23. The Morgan fingerprint density at radius 3 is 2.60 bits per heavy atom. The van der Waals surface area contributed by atoms with Crippen molar-refractivity contribution < 1.29 is 9.18 Å². The van der Waals surface area contributed by atoms with Crippen molar-refractivity contribution in [2.75, 3.05) is 36.8 Å². The number of rotatable bonds is 5. The maximum absolute atomic E-state index is 13.1. The molecular formula is C22H22ClFN4OS. The van der Waals surface area contributed by atoms with Gasteiger partial charge in [-0.05, 0) is 48.9 Å². The predicted molar refractivity (Wildman–Crippen MR) is 119 cm³/mol. The molecule has 0 N–H and O–H groups in total. The van der Waals surface area contributed by atoms with Gasteiger partial charge in [-0.2, -0.15) is 0 Å². The van der Waals surface area contributed by atoms with Gasteiger partial charge in [-0.15, -0.1) is 0 Å². The summed E-state index contributed by atoms with van der Waals surface area (Å²) in [5.74, 6) is 0.180. The molecule has 30 heavy (non-hydrogen) atoms. The molecule has 2 heterocycles. The number of halogens is 2. The van der Waals surface area contributed by atoms with Crippen LogP contribution in [0.2, 0.25) is 5.02 Å². The number of carbonyl (C=O) groups is 1. The number of imidazole rings is 1. The van der Waals surface area contributed by atoms with Crippen molar-refractivity contribution in [3.63, 3.8) is 0 Å². The molecule has 1 fully saturated rings. The molecule has 0 radical (unpaired) electrons. The van der Waals surface area contributed by atoms with Crippen LogP contribution in [0.5, 0.6) is 0 Å². The van der Waals surface area contributed by atoms with E-state index >= 15 is 0 Å². The molecule has 4 rings (SSSR count). The SMILES string of the molecule is Cc1c(Cl)cccc1-n1ccnc1SCC(=O)N1CCN(c2ccc(F)cc2)CC1. The Labute approximate surface area is 184 Å². The van der Waals surface area contributed by atoms with Gasteiger partial charge in [-0.1, -0.05) is 29.4 Å². The number of piperazine rings is 1. The topological polar surface area (TPSA) is 41.4 Å². The van der Waals surface area contributed by atoms with Gasteiger partial charge in [0.1, 0.15) is 5.82 Å². The number of thioether (sulfide) groups is 1. The number of hydrogen-bond donors (Lipinski definition) is 0. The van der Waals surface area contributed by atoms with Gasteiger partial charge >= 0.3 is 0 Å². The highest BCUT2D eigenvalue weighted by Crippen LogP contribution is 2.27. The van der Waals surface area contributed by atoms with Crippen LogP contribution in [0.1, 0.15) is 5.56 Å². The van der Waals surface area contributed by atoms with Crippen molar-refractivity contribution in [1.82, 2.24) is 14.5 Å². The average molecular weight is 445 g/mol. The molecule has 5 nitrogen and oxygen atoms in total. The van der Waals surface area contributed by atoms with Crippen molar-refractivity contribution in [3.05, 3.63) is 71.3 Å². The molecule has 0 bridgehead atoms. The smallest absolute Gasteiger partial charge is 0.233 e. The number of benzene rings is 2. The van der Waals surface area contributed by atoms with Gasteiger partial charge in [0.05, 0.1) is 11.4 Å². The maximum atomic E-state index is 13.1. The van der Waals surface area contributed by atoms with Crippen molar-refractivity contribution in [3.8, 4) is 5.69 Å². The summed E-state index contributed by atoms with van der Waals surface area (Å²) in [5.41, 5.74) is 2.92. The van der Waals surface area contributed by atoms with Gasteiger partial charge in [-0.25, -0.2) is 9.37 Å². The molecule has 0 saturated carbocycles. The Kier molecular flexibility index (Phi) is 6.29.